The lowest BCUT2D eigenvalue weighted by Crippen LogP contribution is -2.15. The fourth-order valence-electron chi connectivity index (χ4n) is 3.62. The number of aromatic amines is 1. The Morgan fingerprint density at radius 2 is 1.59 bits per heavy atom. The summed E-state index contributed by atoms with van der Waals surface area (Å²) < 4.78 is 10.9. The molecule has 5 nitrogen and oxygen atoms in total. The predicted molar refractivity (Wildman–Crippen MR) is 115 cm³/mol. The molecule has 5 heteroatoms. The fourth-order valence-corrected chi connectivity index (χ4v) is 3.62. The van der Waals surface area contributed by atoms with E-state index >= 15 is 0 Å². The van der Waals surface area contributed by atoms with Crippen LogP contribution >= 0.6 is 0 Å². The number of nitrogens with one attached hydrogen (secondary N) is 1. The molecule has 0 aliphatic rings. The van der Waals surface area contributed by atoms with E-state index in [2.05, 4.69) is 22.1 Å². The Kier molecular flexibility index (Phi) is 5.04. The van der Waals surface area contributed by atoms with Crippen LogP contribution in [0.5, 0.6) is 11.5 Å². The highest BCUT2D eigenvalue weighted by molar-refractivity contribution is 5.90. The molecule has 2 heterocycles. The van der Waals surface area contributed by atoms with E-state index in [-0.39, 0.29) is 5.56 Å². The van der Waals surface area contributed by atoms with E-state index in [0.29, 0.717) is 23.5 Å². The van der Waals surface area contributed by atoms with Crippen LogP contribution in [0.1, 0.15) is 17.0 Å². The number of pyridine rings is 2. The minimum absolute atomic E-state index is 0.117. The summed E-state index contributed by atoms with van der Waals surface area (Å²) in [4.78, 5) is 20.3. The number of aromatic nitrogens is 2. The topological polar surface area (TPSA) is 64.2 Å². The Balaban J connectivity index is 1.84. The number of rotatable bonds is 5. The van der Waals surface area contributed by atoms with Gasteiger partial charge in [-0.1, -0.05) is 30.3 Å². The molecule has 0 aliphatic carbocycles. The van der Waals surface area contributed by atoms with Crippen molar-refractivity contribution in [1.29, 1.82) is 0 Å². The Hall–Kier alpha value is -3.60. The van der Waals surface area contributed by atoms with Gasteiger partial charge in [-0.2, -0.15) is 0 Å². The van der Waals surface area contributed by atoms with Gasteiger partial charge in [-0.15, -0.1) is 0 Å². The summed E-state index contributed by atoms with van der Waals surface area (Å²) in [5.74, 6) is 1.22. The number of ether oxygens (including phenoxy) is 2. The average molecular weight is 386 g/mol. The zero-order valence-corrected chi connectivity index (χ0v) is 16.7. The van der Waals surface area contributed by atoms with Crippen LogP contribution < -0.4 is 15.0 Å². The second-order valence-electron chi connectivity index (χ2n) is 6.89. The van der Waals surface area contributed by atoms with Crippen molar-refractivity contribution in [1.82, 2.24) is 9.97 Å². The average Bonchev–Trinajstić information content (AvgIpc) is 2.76. The van der Waals surface area contributed by atoms with Crippen molar-refractivity contribution >= 4 is 10.8 Å². The van der Waals surface area contributed by atoms with Crippen LogP contribution in [0, 0.1) is 6.92 Å². The van der Waals surface area contributed by atoms with Crippen molar-refractivity contribution < 1.29 is 9.47 Å². The molecule has 2 aromatic carbocycles. The van der Waals surface area contributed by atoms with E-state index in [1.807, 2.05) is 49.4 Å². The van der Waals surface area contributed by atoms with Gasteiger partial charge in [0.1, 0.15) is 0 Å². The van der Waals surface area contributed by atoms with Crippen molar-refractivity contribution in [3.05, 3.63) is 88.1 Å². The summed E-state index contributed by atoms with van der Waals surface area (Å²) in [7, 11) is 3.19. The zero-order valence-electron chi connectivity index (χ0n) is 16.7. The third-order valence-electron chi connectivity index (χ3n) is 5.11. The number of hydrogen-bond donors (Lipinski definition) is 1. The molecule has 4 rings (SSSR count). The minimum atomic E-state index is -0.117. The molecule has 0 fully saturated rings. The highest BCUT2D eigenvalue weighted by atomic mass is 16.5. The maximum Gasteiger partial charge on any atom is 0.252 e. The molecule has 0 radical (unpaired) electrons. The van der Waals surface area contributed by atoms with Crippen molar-refractivity contribution in [3.63, 3.8) is 0 Å². The van der Waals surface area contributed by atoms with Crippen LogP contribution in [0.25, 0.3) is 21.9 Å². The zero-order chi connectivity index (χ0) is 20.4. The second-order valence-corrected chi connectivity index (χ2v) is 6.89. The summed E-state index contributed by atoms with van der Waals surface area (Å²) >= 11 is 0. The lowest BCUT2D eigenvalue weighted by atomic mass is 9.99. The van der Waals surface area contributed by atoms with Gasteiger partial charge in [0.15, 0.2) is 11.5 Å². The summed E-state index contributed by atoms with van der Waals surface area (Å²) in [6.45, 7) is 1.88. The van der Waals surface area contributed by atoms with Crippen LogP contribution in [0.2, 0.25) is 0 Å². The van der Waals surface area contributed by atoms with E-state index in [1.165, 1.54) is 0 Å². The monoisotopic (exact) mass is 386 g/mol. The first-order valence-electron chi connectivity index (χ1n) is 9.38. The van der Waals surface area contributed by atoms with Gasteiger partial charge in [-0.3, -0.25) is 9.78 Å². The fraction of sp³-hybridized carbons (Fsp3) is 0.167. The summed E-state index contributed by atoms with van der Waals surface area (Å²) in [5, 5.41) is 1.77. The van der Waals surface area contributed by atoms with Crippen molar-refractivity contribution in [3.8, 4) is 22.6 Å². The number of fused-ring (bicyclic) bond motifs is 1. The molecule has 0 amide bonds. The van der Waals surface area contributed by atoms with Crippen LogP contribution in [-0.2, 0) is 6.42 Å². The van der Waals surface area contributed by atoms with Gasteiger partial charge in [0.05, 0.1) is 14.2 Å². The van der Waals surface area contributed by atoms with Crippen LogP contribution in [0.15, 0.2) is 65.6 Å². The third kappa shape index (κ3) is 3.59. The first-order valence-corrected chi connectivity index (χ1v) is 9.38. The maximum absolute atomic E-state index is 12.8. The van der Waals surface area contributed by atoms with Crippen molar-refractivity contribution in [2.24, 2.45) is 0 Å². The van der Waals surface area contributed by atoms with E-state index in [0.717, 1.165) is 33.3 Å². The summed E-state index contributed by atoms with van der Waals surface area (Å²) in [5.41, 5.74) is 4.35. The van der Waals surface area contributed by atoms with Gasteiger partial charge < -0.3 is 14.5 Å². The number of hydrogen-bond acceptors (Lipinski definition) is 4. The number of H-pyrrole nitrogens is 1. The highest BCUT2D eigenvalue weighted by Gasteiger charge is 2.15. The molecule has 0 saturated carbocycles. The smallest absolute Gasteiger partial charge is 0.252 e. The van der Waals surface area contributed by atoms with Gasteiger partial charge in [-0.05, 0) is 47.7 Å². The molecule has 146 valence electrons. The minimum Gasteiger partial charge on any atom is -0.493 e. The Labute approximate surface area is 169 Å². The first-order chi connectivity index (χ1) is 14.1. The third-order valence-corrected chi connectivity index (χ3v) is 5.11. The van der Waals surface area contributed by atoms with E-state index < -0.39 is 0 Å². The lowest BCUT2D eigenvalue weighted by molar-refractivity contribution is 0.356. The van der Waals surface area contributed by atoms with E-state index in [4.69, 9.17) is 9.47 Å². The number of aryl methyl sites for hydroxylation is 1. The molecule has 0 aliphatic heterocycles. The van der Waals surface area contributed by atoms with Crippen LogP contribution in [0.3, 0.4) is 0 Å². The van der Waals surface area contributed by atoms with Gasteiger partial charge in [0.25, 0.3) is 5.56 Å². The van der Waals surface area contributed by atoms with Gasteiger partial charge >= 0.3 is 0 Å². The summed E-state index contributed by atoms with van der Waals surface area (Å²) in [6, 6.07) is 17.9. The first kappa shape index (κ1) is 18.7. The maximum atomic E-state index is 12.8. The lowest BCUT2D eigenvalue weighted by Gasteiger charge is -2.13. The molecule has 2 aromatic heterocycles. The SMILES string of the molecule is COc1cc2c(C)[nH]c(=O)c(Cc3cc(-c4ccccc4)ccn3)c2cc1OC. The number of methoxy groups -OCH3 is 2. The standard InChI is InChI=1S/C24H22N2O3/c1-15-19-13-22(28-2)23(29-3)14-20(19)21(24(27)26-15)12-18-11-17(9-10-25-18)16-7-5-4-6-8-16/h4-11,13-14H,12H2,1-3H3,(H,26,27). The molecule has 0 atom stereocenters. The van der Waals surface area contributed by atoms with E-state index in [9.17, 15) is 4.79 Å². The van der Waals surface area contributed by atoms with Crippen molar-refractivity contribution in [2.75, 3.05) is 14.2 Å². The second kappa shape index (κ2) is 7.80. The quantitative estimate of drug-likeness (QED) is 0.548. The van der Waals surface area contributed by atoms with Crippen LogP contribution in [0.4, 0.5) is 0 Å². The molecule has 0 spiro atoms. The molecule has 0 saturated heterocycles. The van der Waals surface area contributed by atoms with Gasteiger partial charge in [0.2, 0.25) is 0 Å². The number of benzene rings is 2. The van der Waals surface area contributed by atoms with E-state index in [1.54, 1.807) is 20.4 Å². The molecular weight excluding hydrogens is 364 g/mol. The Morgan fingerprint density at radius 1 is 0.897 bits per heavy atom. The molecule has 1 N–H and O–H groups in total. The normalized spacial score (nSPS) is 10.9. The Bertz CT molecular complexity index is 1230. The van der Waals surface area contributed by atoms with Crippen molar-refractivity contribution in [2.45, 2.75) is 13.3 Å². The highest BCUT2D eigenvalue weighted by Crippen LogP contribution is 2.34. The largest absolute Gasteiger partial charge is 0.493 e. The predicted octanol–water partition coefficient (Wildman–Crippen LogP) is 4.51. The molecular formula is C24H22N2O3. The number of nitrogens with zero attached hydrogens (tertiary/aromatic N) is 1. The van der Waals surface area contributed by atoms with Gasteiger partial charge in [0, 0.05) is 35.0 Å². The molecule has 0 unspecified atom stereocenters. The molecule has 4 aromatic rings. The summed E-state index contributed by atoms with van der Waals surface area (Å²) in [6.07, 6.45) is 2.20. The van der Waals surface area contributed by atoms with Crippen LogP contribution in [-0.4, -0.2) is 24.2 Å². The molecule has 29 heavy (non-hydrogen) atoms. The Morgan fingerprint density at radius 3 is 2.28 bits per heavy atom. The molecule has 0 bridgehead atoms. The van der Waals surface area contributed by atoms with Gasteiger partial charge in [-0.25, -0.2) is 0 Å².